The van der Waals surface area contributed by atoms with Gasteiger partial charge in [-0.3, -0.25) is 4.68 Å². The van der Waals surface area contributed by atoms with Crippen LogP contribution in [0.2, 0.25) is 0 Å². The molecule has 0 saturated heterocycles. The van der Waals surface area contributed by atoms with Crippen LogP contribution in [0.4, 0.5) is 0 Å². The van der Waals surface area contributed by atoms with Crippen LogP contribution in [0, 0.1) is 6.92 Å². The van der Waals surface area contributed by atoms with E-state index in [9.17, 15) is 4.79 Å². The van der Waals surface area contributed by atoms with Gasteiger partial charge in [-0.1, -0.05) is 19.4 Å². The third-order valence-corrected chi connectivity index (χ3v) is 3.17. The van der Waals surface area contributed by atoms with E-state index >= 15 is 0 Å². The Labute approximate surface area is 112 Å². The van der Waals surface area contributed by atoms with Crippen molar-refractivity contribution in [3.63, 3.8) is 0 Å². The highest BCUT2D eigenvalue weighted by molar-refractivity contribution is 5.90. The lowest BCUT2D eigenvalue weighted by Gasteiger charge is -2.07. The molecule has 1 aromatic heterocycles. The second-order valence-electron chi connectivity index (χ2n) is 4.75. The zero-order valence-electron chi connectivity index (χ0n) is 11.5. The molecule has 0 aliphatic heterocycles. The first-order valence-corrected chi connectivity index (χ1v) is 6.39. The van der Waals surface area contributed by atoms with E-state index in [2.05, 4.69) is 12.0 Å². The Bertz CT molecular complexity index is 615. The average Bonchev–Trinajstić information content (AvgIpc) is 2.71. The number of rotatable bonds is 4. The largest absolute Gasteiger partial charge is 0.478 e. The van der Waals surface area contributed by atoms with Crippen LogP contribution >= 0.6 is 0 Å². The summed E-state index contributed by atoms with van der Waals surface area (Å²) in [6, 6.07) is 5.21. The summed E-state index contributed by atoms with van der Waals surface area (Å²) in [6.45, 7) is 4.10. The van der Waals surface area contributed by atoms with Crippen LogP contribution in [-0.4, -0.2) is 20.9 Å². The van der Waals surface area contributed by atoms with Crippen LogP contribution in [0.15, 0.2) is 24.4 Å². The summed E-state index contributed by atoms with van der Waals surface area (Å²) in [4.78, 5) is 11.1. The Kier molecular flexibility index (Phi) is 3.69. The molecular formula is C15H18N2O2. The van der Waals surface area contributed by atoms with Gasteiger partial charge in [0.25, 0.3) is 0 Å². The minimum atomic E-state index is -0.901. The van der Waals surface area contributed by atoms with Gasteiger partial charge in [0.1, 0.15) is 0 Å². The number of carboxylic acids is 1. The maximum atomic E-state index is 11.1. The van der Waals surface area contributed by atoms with Crippen molar-refractivity contribution in [2.24, 2.45) is 7.05 Å². The van der Waals surface area contributed by atoms with Gasteiger partial charge in [0, 0.05) is 18.8 Å². The average molecular weight is 258 g/mol. The van der Waals surface area contributed by atoms with E-state index in [0.717, 1.165) is 35.2 Å². The fourth-order valence-corrected chi connectivity index (χ4v) is 2.23. The molecule has 0 spiro atoms. The molecule has 19 heavy (non-hydrogen) atoms. The fraction of sp³-hybridized carbons (Fsp3) is 0.333. The monoisotopic (exact) mass is 258 g/mol. The second-order valence-corrected chi connectivity index (χ2v) is 4.75. The number of hydrogen-bond donors (Lipinski definition) is 1. The Morgan fingerprint density at radius 2 is 2.11 bits per heavy atom. The van der Waals surface area contributed by atoms with Gasteiger partial charge in [-0.15, -0.1) is 0 Å². The number of aromatic nitrogens is 2. The standard InChI is InChI=1S/C15H18N2O2/c1-4-5-14-13(9-17(3)16-14)12-8-11(15(18)19)7-6-10(12)2/h6-9H,4-5H2,1-3H3,(H,18,19). The smallest absolute Gasteiger partial charge is 0.335 e. The van der Waals surface area contributed by atoms with Crippen molar-refractivity contribution in [2.75, 3.05) is 0 Å². The highest BCUT2D eigenvalue weighted by Crippen LogP contribution is 2.28. The minimum absolute atomic E-state index is 0.312. The van der Waals surface area contributed by atoms with Crippen molar-refractivity contribution in [3.8, 4) is 11.1 Å². The van der Waals surface area contributed by atoms with Gasteiger partial charge in [0.05, 0.1) is 11.3 Å². The number of carboxylic acid groups (broad SMARTS) is 1. The number of nitrogens with zero attached hydrogens (tertiary/aromatic N) is 2. The summed E-state index contributed by atoms with van der Waals surface area (Å²) < 4.78 is 1.78. The molecule has 4 nitrogen and oxygen atoms in total. The Hall–Kier alpha value is -2.10. The maximum absolute atomic E-state index is 11.1. The molecule has 0 amide bonds. The number of aryl methyl sites for hydroxylation is 3. The first-order chi connectivity index (χ1) is 9.02. The summed E-state index contributed by atoms with van der Waals surface area (Å²) in [5, 5.41) is 13.6. The predicted octanol–water partition coefficient (Wildman–Crippen LogP) is 3.05. The third kappa shape index (κ3) is 2.67. The lowest BCUT2D eigenvalue weighted by Crippen LogP contribution is -1.98. The Balaban J connectivity index is 2.57. The summed E-state index contributed by atoms with van der Waals surface area (Å²) >= 11 is 0. The first kappa shape index (κ1) is 13.3. The van der Waals surface area contributed by atoms with Crippen LogP contribution < -0.4 is 0 Å². The van der Waals surface area contributed by atoms with Crippen molar-refractivity contribution in [3.05, 3.63) is 41.2 Å². The number of benzene rings is 1. The summed E-state index contributed by atoms with van der Waals surface area (Å²) in [6.07, 6.45) is 3.87. The van der Waals surface area contributed by atoms with E-state index < -0.39 is 5.97 Å². The van der Waals surface area contributed by atoms with E-state index in [4.69, 9.17) is 5.11 Å². The van der Waals surface area contributed by atoms with E-state index in [1.165, 1.54) is 0 Å². The lowest BCUT2D eigenvalue weighted by molar-refractivity contribution is 0.0697. The van der Waals surface area contributed by atoms with E-state index in [1.807, 2.05) is 26.2 Å². The molecule has 0 saturated carbocycles. The van der Waals surface area contributed by atoms with Crippen molar-refractivity contribution in [2.45, 2.75) is 26.7 Å². The maximum Gasteiger partial charge on any atom is 0.335 e. The Morgan fingerprint density at radius 1 is 1.37 bits per heavy atom. The molecule has 0 atom stereocenters. The van der Waals surface area contributed by atoms with Crippen LogP contribution in [-0.2, 0) is 13.5 Å². The Morgan fingerprint density at radius 3 is 2.74 bits per heavy atom. The van der Waals surface area contributed by atoms with Gasteiger partial charge in [0.2, 0.25) is 0 Å². The normalized spacial score (nSPS) is 10.7. The van der Waals surface area contributed by atoms with E-state index in [1.54, 1.807) is 16.8 Å². The molecule has 0 bridgehead atoms. The zero-order chi connectivity index (χ0) is 14.0. The molecule has 2 rings (SSSR count). The van der Waals surface area contributed by atoms with Crippen LogP contribution in [0.25, 0.3) is 11.1 Å². The molecular weight excluding hydrogens is 240 g/mol. The summed E-state index contributed by atoms with van der Waals surface area (Å²) in [7, 11) is 1.89. The molecule has 0 unspecified atom stereocenters. The molecule has 0 radical (unpaired) electrons. The number of hydrogen-bond acceptors (Lipinski definition) is 2. The summed E-state index contributed by atoms with van der Waals surface area (Å²) in [5.41, 5.74) is 4.39. The lowest BCUT2D eigenvalue weighted by atomic mass is 9.97. The van der Waals surface area contributed by atoms with Gasteiger partial charge in [-0.25, -0.2) is 4.79 Å². The molecule has 1 heterocycles. The van der Waals surface area contributed by atoms with Gasteiger partial charge in [0.15, 0.2) is 0 Å². The van der Waals surface area contributed by atoms with Crippen molar-refractivity contribution >= 4 is 5.97 Å². The predicted molar refractivity (Wildman–Crippen MR) is 74.3 cm³/mol. The van der Waals surface area contributed by atoms with Crippen molar-refractivity contribution in [1.29, 1.82) is 0 Å². The minimum Gasteiger partial charge on any atom is -0.478 e. The van der Waals surface area contributed by atoms with Gasteiger partial charge in [-0.05, 0) is 36.6 Å². The first-order valence-electron chi connectivity index (χ1n) is 6.39. The van der Waals surface area contributed by atoms with E-state index in [-0.39, 0.29) is 0 Å². The molecule has 1 N–H and O–H groups in total. The van der Waals surface area contributed by atoms with Gasteiger partial charge >= 0.3 is 5.97 Å². The van der Waals surface area contributed by atoms with Crippen LogP contribution in [0.1, 0.15) is 35.0 Å². The SMILES string of the molecule is CCCc1nn(C)cc1-c1cc(C(=O)O)ccc1C. The van der Waals surface area contributed by atoms with E-state index in [0.29, 0.717) is 5.56 Å². The van der Waals surface area contributed by atoms with Crippen LogP contribution in [0.3, 0.4) is 0 Å². The van der Waals surface area contributed by atoms with Gasteiger partial charge < -0.3 is 5.11 Å². The number of aromatic carboxylic acids is 1. The van der Waals surface area contributed by atoms with Gasteiger partial charge in [-0.2, -0.15) is 5.10 Å². The molecule has 1 aromatic carbocycles. The van der Waals surface area contributed by atoms with Crippen molar-refractivity contribution < 1.29 is 9.90 Å². The summed E-state index contributed by atoms with van der Waals surface area (Å²) in [5.74, 6) is -0.901. The van der Waals surface area contributed by atoms with Crippen molar-refractivity contribution in [1.82, 2.24) is 9.78 Å². The fourth-order valence-electron chi connectivity index (χ4n) is 2.23. The molecule has 0 aliphatic carbocycles. The second kappa shape index (κ2) is 5.26. The molecule has 100 valence electrons. The van der Waals surface area contributed by atoms with Crippen LogP contribution in [0.5, 0.6) is 0 Å². The molecule has 0 aliphatic rings. The molecule has 4 heteroatoms. The zero-order valence-corrected chi connectivity index (χ0v) is 11.5. The number of carbonyl (C=O) groups is 1. The topological polar surface area (TPSA) is 55.1 Å². The highest BCUT2D eigenvalue weighted by Gasteiger charge is 2.13. The quantitative estimate of drug-likeness (QED) is 0.917. The third-order valence-electron chi connectivity index (χ3n) is 3.17. The molecule has 2 aromatic rings. The highest BCUT2D eigenvalue weighted by atomic mass is 16.4. The molecule has 0 fully saturated rings.